The van der Waals surface area contributed by atoms with E-state index < -0.39 is 28.5 Å². The number of sulfonamides is 1. The van der Waals surface area contributed by atoms with Gasteiger partial charge in [-0.2, -0.15) is 0 Å². The number of carbonyl (C=O) groups is 2. The molecule has 0 aliphatic rings. The van der Waals surface area contributed by atoms with Crippen LogP contribution in [0.1, 0.15) is 44.7 Å². The lowest BCUT2D eigenvalue weighted by molar-refractivity contribution is -0.140. The molecule has 0 aliphatic carbocycles. The minimum Gasteiger partial charge on any atom is -0.352 e. The van der Waals surface area contributed by atoms with Crippen molar-refractivity contribution in [2.45, 2.75) is 64.1 Å². The van der Waals surface area contributed by atoms with Crippen LogP contribution in [0.25, 0.3) is 0 Å². The van der Waals surface area contributed by atoms with Crippen LogP contribution < -0.4 is 9.62 Å². The fourth-order valence-corrected chi connectivity index (χ4v) is 5.93. The number of nitrogens with one attached hydrogen (secondary N) is 1. The van der Waals surface area contributed by atoms with Crippen LogP contribution in [-0.2, 0) is 26.2 Å². The molecule has 9 heteroatoms. The zero-order chi connectivity index (χ0) is 28.6. The summed E-state index contributed by atoms with van der Waals surface area (Å²) in [4.78, 5) is 28.9. The Hall–Kier alpha value is -3.17. The summed E-state index contributed by atoms with van der Waals surface area (Å²) < 4.78 is 29.6. The zero-order valence-corrected chi connectivity index (χ0v) is 25.2. The van der Waals surface area contributed by atoms with Gasteiger partial charge in [-0.3, -0.25) is 13.9 Å². The third-order valence-corrected chi connectivity index (χ3v) is 8.85. The van der Waals surface area contributed by atoms with Crippen molar-refractivity contribution in [1.29, 1.82) is 0 Å². The maximum absolute atomic E-state index is 14.0. The number of halogens is 1. The molecule has 0 bridgehead atoms. The molecule has 0 spiro atoms. The van der Waals surface area contributed by atoms with Gasteiger partial charge in [-0.25, -0.2) is 8.42 Å². The van der Waals surface area contributed by atoms with Gasteiger partial charge in [-0.15, -0.1) is 0 Å². The van der Waals surface area contributed by atoms with Crippen LogP contribution in [0.5, 0.6) is 0 Å². The third kappa shape index (κ3) is 7.92. The van der Waals surface area contributed by atoms with E-state index in [2.05, 4.69) is 21.2 Å². The summed E-state index contributed by atoms with van der Waals surface area (Å²) in [5.41, 5.74) is 2.11. The second-order valence-electron chi connectivity index (χ2n) is 9.55. The molecule has 3 aromatic carbocycles. The third-order valence-electron chi connectivity index (χ3n) is 6.57. The molecule has 3 rings (SSSR count). The van der Waals surface area contributed by atoms with E-state index in [9.17, 15) is 18.0 Å². The molecule has 0 aliphatic heterocycles. The number of hydrogen-bond acceptors (Lipinski definition) is 4. The Kier molecular flexibility index (Phi) is 10.7. The molecular formula is C30H36BrN3O4S. The molecule has 7 nitrogen and oxygen atoms in total. The number of anilines is 1. The van der Waals surface area contributed by atoms with Crippen LogP contribution >= 0.6 is 15.9 Å². The average molecular weight is 615 g/mol. The van der Waals surface area contributed by atoms with Crippen molar-refractivity contribution in [1.82, 2.24) is 10.2 Å². The van der Waals surface area contributed by atoms with Gasteiger partial charge in [-0.1, -0.05) is 83.9 Å². The summed E-state index contributed by atoms with van der Waals surface area (Å²) in [6.45, 7) is 7.32. The summed E-state index contributed by atoms with van der Waals surface area (Å²) in [7, 11) is -4.10. The van der Waals surface area contributed by atoms with Crippen molar-refractivity contribution in [2.75, 3.05) is 10.8 Å². The Morgan fingerprint density at radius 2 is 1.59 bits per heavy atom. The smallest absolute Gasteiger partial charge is 0.264 e. The van der Waals surface area contributed by atoms with Gasteiger partial charge in [0, 0.05) is 17.1 Å². The second-order valence-corrected chi connectivity index (χ2v) is 12.3. The van der Waals surface area contributed by atoms with Crippen molar-refractivity contribution >= 4 is 43.5 Å². The van der Waals surface area contributed by atoms with E-state index in [0.717, 1.165) is 21.9 Å². The molecule has 2 atom stereocenters. The standard InChI is InChI=1S/C30H36BrN3O4S/c1-5-23(4)32-30(36)28(6-2)33(20-24-11-8-7-9-12-24)29(35)21-34(26-14-10-13-25(31)19-26)39(37,38)27-17-15-22(3)16-18-27/h7-19,23,28H,5-6,20-21H2,1-4H3,(H,32,36)/t23-,28+/m1/s1. The molecule has 2 amide bonds. The van der Waals surface area contributed by atoms with Crippen LogP contribution in [0.2, 0.25) is 0 Å². The van der Waals surface area contributed by atoms with Gasteiger partial charge < -0.3 is 10.2 Å². The first-order chi connectivity index (χ1) is 18.6. The highest BCUT2D eigenvalue weighted by Crippen LogP contribution is 2.27. The van der Waals surface area contributed by atoms with Gasteiger partial charge in [-0.05, 0) is 62.6 Å². The molecular weight excluding hydrogens is 578 g/mol. The Balaban J connectivity index is 2.04. The van der Waals surface area contributed by atoms with E-state index in [1.165, 1.54) is 17.0 Å². The number of hydrogen-bond donors (Lipinski definition) is 1. The van der Waals surface area contributed by atoms with Gasteiger partial charge in [0.15, 0.2) is 0 Å². The molecule has 0 fully saturated rings. The first-order valence-electron chi connectivity index (χ1n) is 13.1. The first kappa shape index (κ1) is 30.4. The summed E-state index contributed by atoms with van der Waals surface area (Å²) in [6.07, 6.45) is 1.13. The Bertz CT molecular complexity index is 1360. The van der Waals surface area contributed by atoms with E-state index in [1.54, 1.807) is 36.4 Å². The van der Waals surface area contributed by atoms with Crippen molar-refractivity contribution in [3.8, 4) is 0 Å². The number of benzene rings is 3. The average Bonchev–Trinajstić information content (AvgIpc) is 2.92. The molecule has 0 aromatic heterocycles. The van der Waals surface area contributed by atoms with Gasteiger partial charge >= 0.3 is 0 Å². The van der Waals surface area contributed by atoms with Crippen LogP contribution in [0.4, 0.5) is 5.69 Å². The quantitative estimate of drug-likeness (QED) is 0.285. The number of nitrogens with zero attached hydrogens (tertiary/aromatic N) is 2. The monoisotopic (exact) mass is 613 g/mol. The van der Waals surface area contributed by atoms with Crippen LogP contribution in [-0.4, -0.2) is 43.8 Å². The minimum atomic E-state index is -4.10. The Morgan fingerprint density at radius 3 is 2.18 bits per heavy atom. The Labute approximate surface area is 240 Å². The number of aryl methyl sites for hydroxylation is 1. The topological polar surface area (TPSA) is 86.8 Å². The summed E-state index contributed by atoms with van der Waals surface area (Å²) >= 11 is 3.42. The number of carbonyl (C=O) groups excluding carboxylic acids is 2. The highest BCUT2D eigenvalue weighted by molar-refractivity contribution is 9.10. The lowest BCUT2D eigenvalue weighted by atomic mass is 10.1. The second kappa shape index (κ2) is 13.8. The molecule has 39 heavy (non-hydrogen) atoms. The molecule has 208 valence electrons. The number of amides is 2. The fraction of sp³-hybridized carbons (Fsp3) is 0.333. The van der Waals surface area contributed by atoms with Crippen molar-refractivity contribution in [2.24, 2.45) is 0 Å². The van der Waals surface area contributed by atoms with Crippen molar-refractivity contribution < 1.29 is 18.0 Å². The Morgan fingerprint density at radius 1 is 0.923 bits per heavy atom. The largest absolute Gasteiger partial charge is 0.352 e. The van der Waals surface area contributed by atoms with E-state index >= 15 is 0 Å². The molecule has 0 unspecified atom stereocenters. The highest BCUT2D eigenvalue weighted by atomic mass is 79.9. The lowest BCUT2D eigenvalue weighted by Gasteiger charge is -2.33. The van der Waals surface area contributed by atoms with Crippen molar-refractivity contribution in [3.63, 3.8) is 0 Å². The predicted octanol–water partition coefficient (Wildman–Crippen LogP) is 5.67. The van der Waals surface area contributed by atoms with E-state index in [1.807, 2.05) is 58.0 Å². The maximum Gasteiger partial charge on any atom is 0.264 e. The molecule has 1 N–H and O–H groups in total. The minimum absolute atomic E-state index is 0.0553. The van der Waals surface area contributed by atoms with Crippen molar-refractivity contribution in [3.05, 3.63) is 94.5 Å². The zero-order valence-electron chi connectivity index (χ0n) is 22.8. The molecule has 3 aromatic rings. The van der Waals surface area contributed by atoms with Crippen LogP contribution in [0.3, 0.4) is 0 Å². The van der Waals surface area contributed by atoms with E-state index in [0.29, 0.717) is 16.6 Å². The normalized spacial score (nSPS) is 12.8. The van der Waals surface area contributed by atoms with Gasteiger partial charge in [0.2, 0.25) is 11.8 Å². The van der Waals surface area contributed by atoms with Gasteiger partial charge in [0.05, 0.1) is 10.6 Å². The first-order valence-corrected chi connectivity index (χ1v) is 15.3. The molecule has 0 heterocycles. The van der Waals surface area contributed by atoms with Gasteiger partial charge in [0.25, 0.3) is 10.0 Å². The molecule has 0 radical (unpaired) electrons. The molecule has 0 saturated heterocycles. The fourth-order valence-electron chi connectivity index (χ4n) is 4.14. The summed E-state index contributed by atoms with van der Waals surface area (Å²) in [5.74, 6) is -0.729. The molecule has 0 saturated carbocycles. The lowest BCUT2D eigenvalue weighted by Crippen LogP contribution is -2.53. The van der Waals surface area contributed by atoms with E-state index in [4.69, 9.17) is 0 Å². The van der Waals surface area contributed by atoms with Crippen LogP contribution in [0, 0.1) is 6.92 Å². The summed E-state index contributed by atoms with van der Waals surface area (Å²) in [6, 6.07) is 21.9. The maximum atomic E-state index is 14.0. The number of rotatable bonds is 12. The van der Waals surface area contributed by atoms with Gasteiger partial charge in [0.1, 0.15) is 12.6 Å². The van der Waals surface area contributed by atoms with E-state index in [-0.39, 0.29) is 23.4 Å². The SMILES string of the molecule is CC[C@@H](C)NC(=O)[C@H](CC)N(Cc1ccccc1)C(=O)CN(c1cccc(Br)c1)S(=O)(=O)c1ccc(C)cc1. The summed E-state index contributed by atoms with van der Waals surface area (Å²) in [5, 5.41) is 2.98. The highest BCUT2D eigenvalue weighted by Gasteiger charge is 2.34. The predicted molar refractivity (Wildman–Crippen MR) is 159 cm³/mol. The van der Waals surface area contributed by atoms with Crippen LogP contribution in [0.15, 0.2) is 88.2 Å².